The van der Waals surface area contributed by atoms with Crippen LogP contribution in [0.15, 0.2) is 78.9 Å². The SMILES string of the molecule is C=C1CCc2cc(Cc3ccc(C4CCC(C)CC4)cc3)ccc2C=CC1c1c(C)cccc1C.CCC1CC1. The van der Waals surface area contributed by atoms with Crippen molar-refractivity contribution >= 4 is 6.08 Å². The highest BCUT2D eigenvalue weighted by Crippen LogP contribution is 2.37. The van der Waals surface area contributed by atoms with Crippen molar-refractivity contribution in [2.75, 3.05) is 0 Å². The number of fused-ring (bicyclic) bond motifs is 1. The number of aryl methyl sites for hydroxylation is 3. The Labute approximate surface area is 244 Å². The molecular formula is C40H50. The monoisotopic (exact) mass is 530 g/mol. The van der Waals surface area contributed by atoms with Gasteiger partial charge < -0.3 is 0 Å². The molecule has 3 aliphatic rings. The van der Waals surface area contributed by atoms with E-state index < -0.39 is 0 Å². The van der Waals surface area contributed by atoms with Crippen molar-refractivity contribution in [1.82, 2.24) is 0 Å². The van der Waals surface area contributed by atoms with Crippen LogP contribution in [-0.2, 0) is 12.8 Å². The second-order valence-corrected chi connectivity index (χ2v) is 13.1. The van der Waals surface area contributed by atoms with E-state index in [2.05, 4.69) is 107 Å². The quantitative estimate of drug-likeness (QED) is 0.288. The Morgan fingerprint density at radius 3 is 2.08 bits per heavy atom. The Balaban J connectivity index is 0.000000582. The second kappa shape index (κ2) is 13.2. The summed E-state index contributed by atoms with van der Waals surface area (Å²) >= 11 is 0. The highest BCUT2D eigenvalue weighted by atomic mass is 14.3. The summed E-state index contributed by atoms with van der Waals surface area (Å²) in [6, 6.07) is 23.2. The maximum absolute atomic E-state index is 4.52. The number of hydrogen-bond donors (Lipinski definition) is 0. The van der Waals surface area contributed by atoms with Gasteiger partial charge in [-0.15, -0.1) is 0 Å². The topological polar surface area (TPSA) is 0 Å². The minimum Gasteiger partial charge on any atom is -0.0989 e. The lowest BCUT2D eigenvalue weighted by molar-refractivity contribution is 0.348. The van der Waals surface area contributed by atoms with E-state index in [1.165, 1.54) is 89.5 Å². The van der Waals surface area contributed by atoms with Crippen molar-refractivity contribution in [2.45, 2.75) is 104 Å². The molecule has 0 N–H and O–H groups in total. The molecule has 0 nitrogen and oxygen atoms in total. The maximum Gasteiger partial charge on any atom is 0.0234 e. The molecule has 0 aromatic heterocycles. The predicted molar refractivity (Wildman–Crippen MR) is 174 cm³/mol. The smallest absolute Gasteiger partial charge is 0.0234 e. The Morgan fingerprint density at radius 1 is 0.775 bits per heavy atom. The minimum absolute atomic E-state index is 0.301. The van der Waals surface area contributed by atoms with Crippen LogP contribution >= 0.6 is 0 Å². The molecule has 3 aliphatic carbocycles. The van der Waals surface area contributed by atoms with E-state index in [0.29, 0.717) is 5.92 Å². The standard InChI is InChI=1S/C35H40.C5H10/c1-24-8-14-30(15-9-24)31-17-11-28(12-18-31)22-29-13-19-32-20-21-34(25(2)10-16-33(32)23-29)35-26(3)6-5-7-27(35)4;1-2-5-3-4-5/h5-7,11-13,17-21,23-24,30,34H,2,8-10,14-16,22H2,1,3-4H3;5H,2-4H2,1H3. The Hall–Kier alpha value is -2.86. The Morgan fingerprint density at radius 2 is 1.45 bits per heavy atom. The van der Waals surface area contributed by atoms with Crippen LogP contribution < -0.4 is 0 Å². The average molecular weight is 531 g/mol. The fourth-order valence-corrected chi connectivity index (χ4v) is 6.82. The molecule has 2 fully saturated rings. The maximum atomic E-state index is 4.52. The van der Waals surface area contributed by atoms with Crippen molar-refractivity contribution in [1.29, 1.82) is 0 Å². The summed E-state index contributed by atoms with van der Waals surface area (Å²) in [7, 11) is 0. The van der Waals surface area contributed by atoms with Gasteiger partial charge in [-0.2, -0.15) is 0 Å². The summed E-state index contributed by atoms with van der Waals surface area (Å²) in [5, 5.41) is 0. The minimum atomic E-state index is 0.301. The number of benzene rings is 3. The fourth-order valence-electron chi connectivity index (χ4n) is 6.82. The van der Waals surface area contributed by atoms with E-state index in [1.54, 1.807) is 5.56 Å². The van der Waals surface area contributed by atoms with E-state index in [9.17, 15) is 0 Å². The molecule has 0 saturated heterocycles. The largest absolute Gasteiger partial charge is 0.0989 e. The molecule has 6 rings (SSSR count). The van der Waals surface area contributed by atoms with Gasteiger partial charge in [0.05, 0.1) is 0 Å². The summed E-state index contributed by atoms with van der Waals surface area (Å²) in [6.45, 7) is 13.6. The van der Waals surface area contributed by atoms with Crippen LogP contribution in [0.5, 0.6) is 0 Å². The van der Waals surface area contributed by atoms with Gasteiger partial charge in [0.15, 0.2) is 0 Å². The first kappa shape index (κ1) is 28.7. The number of hydrogen-bond acceptors (Lipinski definition) is 0. The molecule has 0 aliphatic heterocycles. The first-order chi connectivity index (χ1) is 19.4. The van der Waals surface area contributed by atoms with Crippen molar-refractivity contribution < 1.29 is 0 Å². The van der Waals surface area contributed by atoms with Gasteiger partial charge >= 0.3 is 0 Å². The first-order valence-electron chi connectivity index (χ1n) is 16.0. The van der Waals surface area contributed by atoms with Gasteiger partial charge in [-0.1, -0.05) is 131 Å². The summed E-state index contributed by atoms with van der Waals surface area (Å²) in [6.07, 6.45) is 17.7. The number of rotatable bonds is 5. The molecule has 2 saturated carbocycles. The molecule has 3 aromatic carbocycles. The van der Waals surface area contributed by atoms with E-state index in [4.69, 9.17) is 0 Å². The summed E-state index contributed by atoms with van der Waals surface area (Å²) < 4.78 is 0. The molecule has 210 valence electrons. The second-order valence-electron chi connectivity index (χ2n) is 13.1. The number of allylic oxidation sites excluding steroid dienone is 2. The lowest BCUT2D eigenvalue weighted by Gasteiger charge is -2.26. The van der Waals surface area contributed by atoms with Gasteiger partial charge in [0.1, 0.15) is 0 Å². The Kier molecular flexibility index (Phi) is 9.46. The molecule has 0 amide bonds. The van der Waals surface area contributed by atoms with Gasteiger partial charge in [-0.3, -0.25) is 0 Å². The van der Waals surface area contributed by atoms with E-state index >= 15 is 0 Å². The molecule has 0 bridgehead atoms. The van der Waals surface area contributed by atoms with Crippen molar-refractivity contribution in [3.63, 3.8) is 0 Å². The van der Waals surface area contributed by atoms with Crippen molar-refractivity contribution in [3.8, 4) is 0 Å². The molecular weight excluding hydrogens is 480 g/mol. The molecule has 0 radical (unpaired) electrons. The predicted octanol–water partition coefficient (Wildman–Crippen LogP) is 11.3. The van der Waals surface area contributed by atoms with Crippen LogP contribution in [0, 0.1) is 25.7 Å². The van der Waals surface area contributed by atoms with Crippen LogP contribution in [0.3, 0.4) is 0 Å². The molecule has 1 atom stereocenters. The van der Waals surface area contributed by atoms with Crippen molar-refractivity contribution in [3.05, 3.63) is 123 Å². The highest BCUT2D eigenvalue weighted by molar-refractivity contribution is 5.59. The molecule has 1 unspecified atom stereocenters. The van der Waals surface area contributed by atoms with Gasteiger partial charge in [0.25, 0.3) is 0 Å². The van der Waals surface area contributed by atoms with E-state index in [-0.39, 0.29) is 0 Å². The normalized spacial score (nSPS) is 22.5. The third-order valence-electron chi connectivity index (χ3n) is 9.83. The summed E-state index contributed by atoms with van der Waals surface area (Å²) in [4.78, 5) is 0. The summed E-state index contributed by atoms with van der Waals surface area (Å²) in [5.41, 5.74) is 12.7. The third kappa shape index (κ3) is 7.25. The lowest BCUT2D eigenvalue weighted by atomic mass is 9.79. The molecule has 0 spiro atoms. The van der Waals surface area contributed by atoms with Crippen LogP contribution in [0.25, 0.3) is 6.08 Å². The van der Waals surface area contributed by atoms with Crippen molar-refractivity contribution in [2.24, 2.45) is 11.8 Å². The first-order valence-corrected chi connectivity index (χ1v) is 16.0. The molecule has 0 heterocycles. The fraction of sp³-hybridized carbons (Fsp3) is 0.450. The van der Waals surface area contributed by atoms with Crippen LogP contribution in [0.1, 0.15) is 122 Å². The zero-order chi connectivity index (χ0) is 28.1. The molecule has 40 heavy (non-hydrogen) atoms. The van der Waals surface area contributed by atoms with E-state index in [1.807, 2.05) is 0 Å². The Bertz CT molecular complexity index is 1290. The summed E-state index contributed by atoms with van der Waals surface area (Å²) in [5.74, 6) is 3.11. The van der Waals surface area contributed by atoms with Gasteiger partial charge in [-0.25, -0.2) is 0 Å². The molecule has 0 heteroatoms. The van der Waals surface area contributed by atoms with Crippen LogP contribution in [0.2, 0.25) is 0 Å². The van der Waals surface area contributed by atoms with E-state index in [0.717, 1.165) is 37.0 Å². The van der Waals surface area contributed by atoms with Crippen LogP contribution in [0.4, 0.5) is 0 Å². The van der Waals surface area contributed by atoms with Gasteiger partial charge in [0, 0.05) is 5.92 Å². The average Bonchev–Trinajstić information content (AvgIpc) is 3.79. The zero-order valence-electron chi connectivity index (χ0n) is 25.5. The molecule has 3 aromatic rings. The van der Waals surface area contributed by atoms with Gasteiger partial charge in [0.2, 0.25) is 0 Å². The third-order valence-corrected chi connectivity index (χ3v) is 9.83. The lowest BCUT2D eigenvalue weighted by Crippen LogP contribution is -2.10. The highest BCUT2D eigenvalue weighted by Gasteiger charge is 2.21. The van der Waals surface area contributed by atoms with Crippen LogP contribution in [-0.4, -0.2) is 0 Å². The zero-order valence-corrected chi connectivity index (χ0v) is 25.5. The van der Waals surface area contributed by atoms with Gasteiger partial charge in [-0.05, 0) is 108 Å².